The van der Waals surface area contributed by atoms with E-state index in [1.54, 1.807) is 58.2 Å². The molecule has 12 rings (SSSR count). The monoisotopic (exact) mass is 1120 g/mol. The van der Waals surface area contributed by atoms with Gasteiger partial charge in [0.25, 0.3) is 5.91 Å². The van der Waals surface area contributed by atoms with E-state index in [4.69, 9.17) is 53.5 Å². The van der Waals surface area contributed by atoms with Crippen molar-refractivity contribution in [3.63, 3.8) is 0 Å². The number of carbonyl (C=O) groups excluding carboxylic acids is 1. The molecule has 10 heterocycles. The van der Waals surface area contributed by atoms with E-state index in [1.165, 1.54) is 12.3 Å². The molecule has 0 spiro atoms. The number of fused-ring (bicyclic) bond motifs is 4. The number of amides is 1. The van der Waals surface area contributed by atoms with Crippen LogP contribution in [0.25, 0.3) is 33.3 Å². The third-order valence-corrected chi connectivity index (χ3v) is 15.2. The number of rotatable bonds is 11. The van der Waals surface area contributed by atoms with Crippen LogP contribution in [-0.4, -0.2) is 108 Å². The molecule has 1 amide bonds. The average Bonchev–Trinajstić information content (AvgIpc) is 4.44. The summed E-state index contributed by atoms with van der Waals surface area (Å²) in [7, 11) is 0. The first kappa shape index (κ1) is 57.1. The fraction of sp³-hybridized carbons (Fsp3) is 0.333. The summed E-state index contributed by atoms with van der Waals surface area (Å²) in [4.78, 5) is 44.8. The molecule has 19 nitrogen and oxygen atoms in total. The van der Waals surface area contributed by atoms with Crippen LogP contribution in [0.5, 0.6) is 11.5 Å². The number of nitriles is 2. The van der Waals surface area contributed by atoms with Crippen LogP contribution < -0.4 is 30.3 Å². The zero-order chi connectivity index (χ0) is 53.7. The number of nitrogens with two attached hydrogens (primary N) is 1. The zero-order valence-electron chi connectivity index (χ0n) is 42.6. The van der Waals surface area contributed by atoms with E-state index in [9.17, 15) is 20.1 Å². The van der Waals surface area contributed by atoms with Crippen molar-refractivity contribution in [2.75, 3.05) is 49.2 Å². The van der Waals surface area contributed by atoms with Crippen LogP contribution in [0.15, 0.2) is 110 Å². The molecule has 2 aliphatic heterocycles. The summed E-state index contributed by atoms with van der Waals surface area (Å²) in [5.41, 5.74) is 12.4. The molecule has 2 unspecified atom stereocenters. The van der Waals surface area contributed by atoms with Gasteiger partial charge in [-0.25, -0.2) is 33.8 Å². The molecule has 6 atom stereocenters. The maximum Gasteiger partial charge on any atom is 0.356 e. The Morgan fingerprint density at radius 1 is 0.684 bits per heavy atom. The topological polar surface area (TPSA) is 251 Å². The number of hydrogen-bond donors (Lipinski definition) is 3. The van der Waals surface area contributed by atoms with E-state index in [0.717, 1.165) is 103 Å². The lowest BCUT2D eigenvalue weighted by Crippen LogP contribution is -2.35. The smallest absolute Gasteiger partial charge is 0.356 e. The Hall–Kier alpha value is -8.07. The lowest BCUT2D eigenvalue weighted by Gasteiger charge is -2.21. The van der Waals surface area contributed by atoms with Gasteiger partial charge in [-0.3, -0.25) is 4.79 Å². The number of aromatic carboxylic acids is 1. The first-order chi connectivity index (χ1) is 37.4. The highest BCUT2D eigenvalue weighted by molar-refractivity contribution is 6.33. The lowest BCUT2D eigenvalue weighted by molar-refractivity contribution is 0.0690. The Labute approximate surface area is 473 Å². The predicted molar refractivity (Wildman–Crippen MR) is 304 cm³/mol. The van der Waals surface area contributed by atoms with Gasteiger partial charge in [0.15, 0.2) is 5.69 Å². The highest BCUT2D eigenvalue weighted by atomic mass is 35.5. The van der Waals surface area contributed by atoms with Gasteiger partial charge >= 0.3 is 5.97 Å². The molecule has 4 N–H and O–H groups in total. The molecule has 0 bridgehead atoms. The molecule has 2 saturated heterocycles. The number of pyridine rings is 6. The van der Waals surface area contributed by atoms with Crippen molar-refractivity contribution in [3.8, 4) is 45.9 Å². The SMILES string of the molecule is C.CCOc1cc(-c2ccc(N3C[C@H]4CC(N)C[C@H]4C3)nc2)c2c(C#N)cnn2c1.CCOc1cc(-c2ccc(N3C[C@H]4CC(NC(=O)c5ncccc5Cl)C[C@H]4C3)nc2)c2c(C#N)cnn2c1.Cl.O=C(O)c1ncccc1Cl. The molecule has 0 aromatic carbocycles. The fourth-order valence-electron chi connectivity index (χ4n) is 11.2. The summed E-state index contributed by atoms with van der Waals surface area (Å²) < 4.78 is 14.8. The van der Waals surface area contributed by atoms with Crippen molar-refractivity contribution < 1.29 is 24.2 Å². The number of halogens is 3. The molecule has 4 fully saturated rings. The number of aromatic nitrogens is 8. The summed E-state index contributed by atoms with van der Waals surface area (Å²) in [5, 5.41) is 39.8. The molecule has 2 aliphatic carbocycles. The summed E-state index contributed by atoms with van der Waals surface area (Å²) in [6.07, 6.45) is 17.5. The van der Waals surface area contributed by atoms with Gasteiger partial charge in [0.1, 0.15) is 41.0 Å². The molecule has 8 aromatic rings. The number of nitrogens with one attached hydrogen (secondary N) is 1. The molecule has 2 saturated carbocycles. The van der Waals surface area contributed by atoms with Crippen LogP contribution >= 0.6 is 35.6 Å². The maximum absolute atomic E-state index is 12.6. The molecule has 4 aliphatic rings. The highest BCUT2D eigenvalue weighted by Crippen LogP contribution is 2.42. The van der Waals surface area contributed by atoms with Crippen molar-refractivity contribution in [3.05, 3.63) is 143 Å². The Morgan fingerprint density at radius 3 is 1.51 bits per heavy atom. The molecule has 0 radical (unpaired) electrons. The molecule has 8 aromatic heterocycles. The van der Waals surface area contributed by atoms with Gasteiger partial charge in [0.2, 0.25) is 0 Å². The Bertz CT molecular complexity index is 3520. The van der Waals surface area contributed by atoms with Crippen LogP contribution in [-0.2, 0) is 0 Å². The maximum atomic E-state index is 12.6. The van der Waals surface area contributed by atoms with Crippen molar-refractivity contribution in [2.24, 2.45) is 29.4 Å². The molecular formula is C57H59Cl3N14O5. The number of carbonyl (C=O) groups is 2. The third-order valence-electron chi connectivity index (χ3n) is 14.6. The number of carboxylic acid groups (broad SMARTS) is 1. The molecule has 79 heavy (non-hydrogen) atoms. The average molecular weight is 1130 g/mol. The number of carboxylic acids is 1. The minimum absolute atomic E-state index is 0. The summed E-state index contributed by atoms with van der Waals surface area (Å²) in [5.74, 6) is 4.39. The first-order valence-electron chi connectivity index (χ1n) is 25.4. The van der Waals surface area contributed by atoms with Gasteiger partial charge in [-0.2, -0.15) is 20.7 Å². The molecule has 22 heteroatoms. The van der Waals surface area contributed by atoms with Crippen molar-refractivity contribution in [1.82, 2.24) is 44.5 Å². The zero-order valence-corrected chi connectivity index (χ0v) is 44.9. The second kappa shape index (κ2) is 25.2. The van der Waals surface area contributed by atoms with Gasteiger partial charge in [-0.05, 0) is 124 Å². The van der Waals surface area contributed by atoms with E-state index < -0.39 is 5.97 Å². The van der Waals surface area contributed by atoms with Crippen molar-refractivity contribution >= 4 is 70.2 Å². The Morgan fingerprint density at radius 2 is 1.13 bits per heavy atom. The molecular weight excluding hydrogens is 1070 g/mol. The van der Waals surface area contributed by atoms with Crippen LogP contribution in [0.3, 0.4) is 0 Å². The third kappa shape index (κ3) is 12.3. The summed E-state index contributed by atoms with van der Waals surface area (Å²) >= 11 is 11.6. The van der Waals surface area contributed by atoms with Gasteiger partial charge < -0.3 is 35.4 Å². The van der Waals surface area contributed by atoms with Crippen LogP contribution in [0.1, 0.15) is 79.1 Å². The quantitative estimate of drug-likeness (QED) is 0.109. The lowest BCUT2D eigenvalue weighted by atomic mass is 10.0. The number of nitrogens with zero attached hydrogens (tertiary/aromatic N) is 12. The van der Waals surface area contributed by atoms with Gasteiger partial charge in [-0.15, -0.1) is 12.4 Å². The second-order valence-electron chi connectivity index (χ2n) is 19.5. The minimum Gasteiger partial charge on any atom is -0.492 e. The fourth-order valence-corrected chi connectivity index (χ4v) is 11.7. The summed E-state index contributed by atoms with van der Waals surface area (Å²) in [6.45, 7) is 8.86. The van der Waals surface area contributed by atoms with E-state index in [1.807, 2.05) is 50.5 Å². The van der Waals surface area contributed by atoms with Gasteiger partial charge in [0, 0.05) is 85.3 Å². The van der Waals surface area contributed by atoms with E-state index >= 15 is 0 Å². The summed E-state index contributed by atoms with van der Waals surface area (Å²) in [6, 6.07) is 23.5. The Kier molecular flexibility index (Phi) is 18.2. The van der Waals surface area contributed by atoms with E-state index in [0.29, 0.717) is 64.8 Å². The number of ether oxygens (including phenoxy) is 2. The van der Waals surface area contributed by atoms with Crippen LogP contribution in [0.2, 0.25) is 10.0 Å². The predicted octanol–water partition coefficient (Wildman–Crippen LogP) is 9.69. The van der Waals surface area contributed by atoms with Crippen LogP contribution in [0, 0.1) is 46.3 Å². The second-order valence-corrected chi connectivity index (χ2v) is 20.3. The Balaban J connectivity index is 0.000000177. The van der Waals surface area contributed by atoms with Crippen molar-refractivity contribution in [1.29, 1.82) is 10.5 Å². The molecule has 408 valence electrons. The van der Waals surface area contributed by atoms with Crippen molar-refractivity contribution in [2.45, 2.75) is 59.0 Å². The number of anilines is 2. The number of hydrogen-bond acceptors (Lipinski definition) is 15. The van der Waals surface area contributed by atoms with Gasteiger partial charge in [-0.1, -0.05) is 30.6 Å². The minimum atomic E-state index is -1.11. The van der Waals surface area contributed by atoms with E-state index in [-0.39, 0.29) is 48.2 Å². The normalized spacial score (nSPS) is 19.5. The first-order valence-corrected chi connectivity index (χ1v) is 26.2. The van der Waals surface area contributed by atoms with Crippen LogP contribution in [0.4, 0.5) is 11.6 Å². The van der Waals surface area contributed by atoms with Gasteiger partial charge in [0.05, 0.1) is 70.2 Å². The highest BCUT2D eigenvalue weighted by Gasteiger charge is 2.42. The van der Waals surface area contributed by atoms with E-state index in [2.05, 4.69) is 59.6 Å². The standard InChI is InChI=1S/C28H26ClN7O2.C22H24N6O.C6H4ClNO2.CH4.ClH/c1-2-38-22-10-23(27-20(11-30)13-33-36(27)16-22)17-5-6-25(32-12-17)35-14-18-8-21(9-19(18)15-35)34-28(37)26-24(29)4-3-7-31-26;1-2-29-19-7-20(22-17(8-23)10-26-28(22)13-19)14-3-4-21(25-9-14)27-11-15-5-18(24)6-16(15)12-27;7-4-2-1-3-8-5(4)6(9)10;;/h3-7,10,12-13,16,18-19,21H,2,8-9,14-15H2,1H3,(H,34,37);3-4,7,9-10,13,15-16,18H,2,5-6,11-12,24H2,1H3;1-3H,(H,9,10);1H4;1H/t18-,19+,21?;15-,16+,18?;;;. The largest absolute Gasteiger partial charge is 0.492 e.